The fourth-order valence-corrected chi connectivity index (χ4v) is 1.81. The standard InChI is InChI=1S/C14H21N/c1-5-7-13(4)15(6-2)14-10-8-12(3)9-11-14/h6,8-11,13H,2,5,7H2,1,3-4H3/t13-/m0/s1. The van der Waals surface area contributed by atoms with E-state index in [4.69, 9.17) is 0 Å². The smallest absolute Gasteiger partial charge is 0.0408 e. The fourth-order valence-electron chi connectivity index (χ4n) is 1.81. The lowest BCUT2D eigenvalue weighted by Crippen LogP contribution is -2.27. The van der Waals surface area contributed by atoms with Crippen LogP contribution in [0, 0.1) is 6.92 Å². The van der Waals surface area contributed by atoms with Gasteiger partial charge in [0.05, 0.1) is 0 Å². The summed E-state index contributed by atoms with van der Waals surface area (Å²) in [6, 6.07) is 9.12. The molecule has 1 aromatic carbocycles. The Morgan fingerprint density at radius 2 is 1.93 bits per heavy atom. The van der Waals surface area contributed by atoms with Crippen molar-refractivity contribution < 1.29 is 0 Å². The lowest BCUT2D eigenvalue weighted by molar-refractivity contribution is 0.631. The number of hydrogen-bond acceptors (Lipinski definition) is 1. The first kappa shape index (κ1) is 11.8. The Labute approximate surface area is 93.4 Å². The molecule has 0 unspecified atom stereocenters. The molecule has 0 radical (unpaired) electrons. The van der Waals surface area contributed by atoms with E-state index in [0.717, 1.165) is 0 Å². The van der Waals surface area contributed by atoms with Gasteiger partial charge >= 0.3 is 0 Å². The molecular formula is C14H21N. The van der Waals surface area contributed by atoms with Gasteiger partial charge in [-0.25, -0.2) is 0 Å². The fraction of sp³-hybridized carbons (Fsp3) is 0.429. The Hall–Kier alpha value is -1.24. The van der Waals surface area contributed by atoms with E-state index in [1.165, 1.54) is 24.1 Å². The second-order valence-electron chi connectivity index (χ2n) is 4.06. The number of benzene rings is 1. The van der Waals surface area contributed by atoms with Gasteiger partial charge in [0.2, 0.25) is 0 Å². The molecule has 0 aliphatic carbocycles. The minimum absolute atomic E-state index is 0.523. The second kappa shape index (κ2) is 5.59. The van der Waals surface area contributed by atoms with Crippen molar-refractivity contribution in [2.24, 2.45) is 0 Å². The first-order valence-electron chi connectivity index (χ1n) is 5.66. The van der Waals surface area contributed by atoms with Crippen molar-refractivity contribution in [2.45, 2.75) is 39.7 Å². The summed E-state index contributed by atoms with van der Waals surface area (Å²) in [5.74, 6) is 0. The van der Waals surface area contributed by atoms with Crippen LogP contribution in [0.5, 0.6) is 0 Å². The molecule has 0 saturated heterocycles. The Morgan fingerprint density at radius 3 is 2.40 bits per heavy atom. The molecule has 15 heavy (non-hydrogen) atoms. The van der Waals surface area contributed by atoms with Crippen molar-refractivity contribution in [1.82, 2.24) is 0 Å². The summed E-state index contributed by atoms with van der Waals surface area (Å²) in [5.41, 5.74) is 2.53. The molecule has 0 spiro atoms. The van der Waals surface area contributed by atoms with Crippen LogP contribution < -0.4 is 4.90 Å². The number of hydrogen-bond donors (Lipinski definition) is 0. The summed E-state index contributed by atoms with van der Waals surface area (Å²) in [6.07, 6.45) is 4.32. The maximum Gasteiger partial charge on any atom is 0.0408 e. The lowest BCUT2D eigenvalue weighted by Gasteiger charge is -2.27. The third-order valence-electron chi connectivity index (χ3n) is 2.71. The molecule has 1 heteroatoms. The zero-order valence-corrected chi connectivity index (χ0v) is 10.0. The molecule has 1 aromatic rings. The van der Waals surface area contributed by atoms with Crippen LogP contribution in [0.4, 0.5) is 5.69 Å². The molecule has 1 atom stereocenters. The molecule has 82 valence electrons. The van der Waals surface area contributed by atoms with E-state index >= 15 is 0 Å². The average Bonchev–Trinajstić information content (AvgIpc) is 2.22. The molecule has 0 heterocycles. The van der Waals surface area contributed by atoms with E-state index in [1.807, 2.05) is 6.20 Å². The van der Waals surface area contributed by atoms with Crippen molar-refractivity contribution in [1.29, 1.82) is 0 Å². The van der Waals surface area contributed by atoms with E-state index in [2.05, 4.69) is 56.5 Å². The van der Waals surface area contributed by atoms with Gasteiger partial charge in [-0.1, -0.05) is 37.6 Å². The minimum atomic E-state index is 0.523. The number of rotatable bonds is 5. The number of aryl methyl sites for hydroxylation is 1. The minimum Gasteiger partial charge on any atom is -0.346 e. The topological polar surface area (TPSA) is 3.24 Å². The summed E-state index contributed by atoms with van der Waals surface area (Å²) in [7, 11) is 0. The van der Waals surface area contributed by atoms with Crippen molar-refractivity contribution in [3.63, 3.8) is 0 Å². The maximum absolute atomic E-state index is 3.89. The van der Waals surface area contributed by atoms with E-state index in [0.29, 0.717) is 6.04 Å². The number of nitrogens with zero attached hydrogens (tertiary/aromatic N) is 1. The predicted octanol–water partition coefficient (Wildman–Crippen LogP) is 4.13. The first-order chi connectivity index (χ1) is 7.19. The highest BCUT2D eigenvalue weighted by molar-refractivity contribution is 5.50. The van der Waals surface area contributed by atoms with Crippen LogP contribution in [-0.2, 0) is 0 Å². The quantitative estimate of drug-likeness (QED) is 0.695. The van der Waals surface area contributed by atoms with E-state index in [1.54, 1.807) is 0 Å². The van der Waals surface area contributed by atoms with Crippen molar-refractivity contribution in [2.75, 3.05) is 4.90 Å². The molecule has 1 rings (SSSR count). The zero-order valence-electron chi connectivity index (χ0n) is 10.0. The van der Waals surface area contributed by atoms with Gasteiger partial charge in [0.25, 0.3) is 0 Å². The second-order valence-corrected chi connectivity index (χ2v) is 4.06. The largest absolute Gasteiger partial charge is 0.346 e. The number of anilines is 1. The van der Waals surface area contributed by atoms with E-state index in [-0.39, 0.29) is 0 Å². The van der Waals surface area contributed by atoms with Gasteiger partial charge in [0.15, 0.2) is 0 Å². The monoisotopic (exact) mass is 203 g/mol. The molecule has 0 bridgehead atoms. The Balaban J connectivity index is 2.82. The van der Waals surface area contributed by atoms with Gasteiger partial charge < -0.3 is 4.90 Å². The predicted molar refractivity (Wildman–Crippen MR) is 68.2 cm³/mol. The third-order valence-corrected chi connectivity index (χ3v) is 2.71. The molecule has 1 nitrogen and oxygen atoms in total. The van der Waals surface area contributed by atoms with Crippen LogP contribution in [0.3, 0.4) is 0 Å². The van der Waals surface area contributed by atoms with Crippen LogP contribution in [0.25, 0.3) is 0 Å². The van der Waals surface area contributed by atoms with Gasteiger partial charge in [-0.05, 0) is 38.6 Å². The van der Waals surface area contributed by atoms with Gasteiger partial charge in [0.1, 0.15) is 0 Å². The summed E-state index contributed by atoms with van der Waals surface area (Å²) in [4.78, 5) is 2.24. The van der Waals surface area contributed by atoms with E-state index in [9.17, 15) is 0 Å². The molecular weight excluding hydrogens is 182 g/mol. The molecule has 0 amide bonds. The van der Waals surface area contributed by atoms with Crippen LogP contribution in [0.1, 0.15) is 32.3 Å². The molecule has 0 aliphatic heterocycles. The first-order valence-corrected chi connectivity index (χ1v) is 5.66. The Bertz CT molecular complexity index is 300. The van der Waals surface area contributed by atoms with Crippen molar-refractivity contribution >= 4 is 5.69 Å². The molecule has 0 aliphatic rings. The summed E-state index contributed by atoms with van der Waals surface area (Å²) in [6.45, 7) is 10.5. The Kier molecular flexibility index (Phi) is 4.41. The molecule has 0 N–H and O–H groups in total. The van der Waals surface area contributed by atoms with Crippen LogP contribution >= 0.6 is 0 Å². The van der Waals surface area contributed by atoms with Crippen molar-refractivity contribution in [3.8, 4) is 0 Å². The zero-order chi connectivity index (χ0) is 11.3. The highest BCUT2D eigenvalue weighted by Crippen LogP contribution is 2.20. The highest BCUT2D eigenvalue weighted by Gasteiger charge is 2.09. The molecule has 0 saturated carbocycles. The highest BCUT2D eigenvalue weighted by atomic mass is 15.1. The third kappa shape index (κ3) is 3.12. The van der Waals surface area contributed by atoms with Gasteiger partial charge in [-0.2, -0.15) is 0 Å². The maximum atomic E-state index is 3.89. The van der Waals surface area contributed by atoms with Crippen molar-refractivity contribution in [3.05, 3.63) is 42.6 Å². The average molecular weight is 203 g/mol. The van der Waals surface area contributed by atoms with Crippen LogP contribution in [-0.4, -0.2) is 6.04 Å². The SMILES string of the molecule is C=CN(c1ccc(C)cc1)[C@@H](C)CCC. The summed E-state index contributed by atoms with van der Waals surface area (Å²) in [5, 5.41) is 0. The summed E-state index contributed by atoms with van der Waals surface area (Å²) < 4.78 is 0. The normalized spacial score (nSPS) is 12.2. The molecule has 0 aromatic heterocycles. The van der Waals surface area contributed by atoms with Crippen LogP contribution in [0.2, 0.25) is 0 Å². The van der Waals surface area contributed by atoms with Gasteiger partial charge in [0, 0.05) is 11.7 Å². The van der Waals surface area contributed by atoms with Crippen LogP contribution in [0.15, 0.2) is 37.0 Å². The molecule has 0 fully saturated rings. The van der Waals surface area contributed by atoms with E-state index < -0.39 is 0 Å². The van der Waals surface area contributed by atoms with Gasteiger partial charge in [-0.3, -0.25) is 0 Å². The Morgan fingerprint density at radius 1 is 1.33 bits per heavy atom. The van der Waals surface area contributed by atoms with Gasteiger partial charge in [-0.15, -0.1) is 0 Å². The lowest BCUT2D eigenvalue weighted by atomic mass is 10.1. The summed E-state index contributed by atoms with van der Waals surface area (Å²) >= 11 is 0.